The first-order valence-electron chi connectivity index (χ1n) is 14.5. The molecule has 0 amide bonds. The summed E-state index contributed by atoms with van der Waals surface area (Å²) in [6, 6.07) is 0. The zero-order chi connectivity index (χ0) is 25.1. The molecule has 34 heavy (non-hydrogen) atoms. The van der Waals surface area contributed by atoms with E-state index in [-0.39, 0.29) is 32.7 Å². The van der Waals surface area contributed by atoms with Crippen LogP contribution >= 0.6 is 0 Å². The lowest BCUT2D eigenvalue weighted by Gasteiger charge is -2.65. The molecule has 0 aromatic carbocycles. The molecule has 5 rings (SSSR count). The molecule has 1 saturated heterocycles. The van der Waals surface area contributed by atoms with Crippen molar-refractivity contribution in [3.63, 3.8) is 0 Å². The fraction of sp³-hybridized carbons (Fsp3) is 0.906. The summed E-state index contributed by atoms with van der Waals surface area (Å²) in [5, 5.41) is 0. The van der Waals surface area contributed by atoms with Gasteiger partial charge < -0.3 is 4.74 Å². The monoisotopic (exact) mass is 468 g/mol. The molecule has 1 heterocycles. The Morgan fingerprint density at radius 1 is 0.824 bits per heavy atom. The Bertz CT molecular complexity index is 912. The van der Waals surface area contributed by atoms with Gasteiger partial charge in [-0.3, -0.25) is 4.79 Å². The van der Waals surface area contributed by atoms with Crippen molar-refractivity contribution >= 4 is 5.78 Å². The second kappa shape index (κ2) is 7.23. The molecule has 0 radical (unpaired) electrons. The van der Waals surface area contributed by atoms with Gasteiger partial charge in [-0.1, -0.05) is 61.0 Å². The predicted molar refractivity (Wildman–Crippen MR) is 140 cm³/mol. The molecule has 4 fully saturated rings. The summed E-state index contributed by atoms with van der Waals surface area (Å²) < 4.78 is 6.66. The van der Waals surface area contributed by atoms with Gasteiger partial charge in [0.1, 0.15) is 0 Å². The molecule has 4 aliphatic carbocycles. The van der Waals surface area contributed by atoms with Crippen LogP contribution in [0, 0.1) is 50.7 Å². The molecule has 9 atom stereocenters. The first-order chi connectivity index (χ1) is 15.5. The van der Waals surface area contributed by atoms with Crippen LogP contribution < -0.4 is 0 Å². The maximum atomic E-state index is 14.0. The number of carbonyl (C=O) groups is 1. The standard InChI is InChI=1S/C32H52O2/c1-20-18-31(9)22-11-15-30(8)24(28(5,6)26-13-14-27(3,4)34-26)12-16-29(30,7)23(22)17-25(33)32(31,10)19-21(20)2/h17,20-22,24,26H,11-16,18-19H2,1-10H3/t20-,21+,22?,24+,26?,29-,30+,31+,32-/m0/s1. The predicted octanol–water partition coefficient (Wildman–Crippen LogP) is 8.39. The van der Waals surface area contributed by atoms with Crippen molar-refractivity contribution in [1.82, 2.24) is 0 Å². The molecule has 0 spiro atoms. The van der Waals surface area contributed by atoms with E-state index in [1.165, 1.54) is 38.5 Å². The number of carbonyl (C=O) groups excluding carboxylic acids is 1. The van der Waals surface area contributed by atoms with E-state index in [1.54, 1.807) is 5.57 Å². The third-order valence-electron chi connectivity index (χ3n) is 13.4. The van der Waals surface area contributed by atoms with E-state index in [0.717, 1.165) is 12.8 Å². The quantitative estimate of drug-likeness (QED) is 0.407. The van der Waals surface area contributed by atoms with Crippen molar-refractivity contribution < 1.29 is 9.53 Å². The van der Waals surface area contributed by atoms with Gasteiger partial charge in [-0.15, -0.1) is 0 Å². The highest BCUT2D eigenvalue weighted by atomic mass is 16.5. The van der Waals surface area contributed by atoms with Crippen LogP contribution in [0.5, 0.6) is 0 Å². The lowest BCUT2D eigenvalue weighted by Crippen LogP contribution is -2.60. The SMILES string of the molecule is C[C@@H]1C[C@@]2(C)C(=O)C=C3C(CC[C@]4(C)[C@@H](C(C)(C)C5CCC(C)(C)O5)CC[C@@]34C)[C@@]2(C)C[C@@H]1C. The minimum atomic E-state index is -0.197. The van der Waals surface area contributed by atoms with E-state index in [9.17, 15) is 4.79 Å². The van der Waals surface area contributed by atoms with Gasteiger partial charge >= 0.3 is 0 Å². The summed E-state index contributed by atoms with van der Waals surface area (Å²) in [5.41, 5.74) is 1.95. The number of fused-ring (bicyclic) bond motifs is 5. The van der Waals surface area contributed by atoms with Gasteiger partial charge in [0.15, 0.2) is 5.78 Å². The van der Waals surface area contributed by atoms with Crippen molar-refractivity contribution in [2.45, 2.75) is 132 Å². The van der Waals surface area contributed by atoms with Gasteiger partial charge in [0.05, 0.1) is 11.7 Å². The minimum Gasteiger partial charge on any atom is -0.372 e. The largest absolute Gasteiger partial charge is 0.372 e. The topological polar surface area (TPSA) is 26.3 Å². The highest BCUT2D eigenvalue weighted by Crippen LogP contribution is 2.75. The Balaban J connectivity index is 1.53. The van der Waals surface area contributed by atoms with Crippen molar-refractivity contribution in [3.8, 4) is 0 Å². The molecule has 0 aromatic rings. The Morgan fingerprint density at radius 2 is 1.47 bits per heavy atom. The number of hydrogen-bond donors (Lipinski definition) is 0. The maximum absolute atomic E-state index is 14.0. The average molecular weight is 469 g/mol. The number of ether oxygens (including phenoxy) is 1. The molecule has 5 aliphatic rings. The lowest BCUT2D eigenvalue weighted by atomic mass is 9.38. The zero-order valence-electron chi connectivity index (χ0n) is 23.9. The molecule has 3 saturated carbocycles. The molecular weight excluding hydrogens is 416 g/mol. The van der Waals surface area contributed by atoms with E-state index < -0.39 is 0 Å². The van der Waals surface area contributed by atoms with E-state index >= 15 is 0 Å². The highest BCUT2D eigenvalue weighted by molar-refractivity contribution is 5.97. The summed E-state index contributed by atoms with van der Waals surface area (Å²) in [5.74, 6) is 2.96. The van der Waals surface area contributed by atoms with Gasteiger partial charge in [-0.05, 0) is 117 Å². The molecule has 2 nitrogen and oxygen atoms in total. The first-order valence-corrected chi connectivity index (χ1v) is 14.5. The zero-order valence-corrected chi connectivity index (χ0v) is 23.9. The summed E-state index contributed by atoms with van der Waals surface area (Å²) in [6.07, 6.45) is 12.2. The summed E-state index contributed by atoms with van der Waals surface area (Å²) in [7, 11) is 0. The molecule has 1 aliphatic heterocycles. The molecular formula is C32H52O2. The van der Waals surface area contributed by atoms with Crippen molar-refractivity contribution in [2.75, 3.05) is 0 Å². The van der Waals surface area contributed by atoms with Crippen molar-refractivity contribution in [1.29, 1.82) is 0 Å². The number of hydrogen-bond acceptors (Lipinski definition) is 2. The first kappa shape index (κ1) is 25.0. The summed E-state index contributed by atoms with van der Waals surface area (Å²) in [4.78, 5) is 14.0. The minimum absolute atomic E-state index is 0.00852. The molecule has 0 aromatic heterocycles. The van der Waals surface area contributed by atoms with E-state index in [0.29, 0.717) is 35.6 Å². The molecule has 2 unspecified atom stereocenters. The fourth-order valence-electron chi connectivity index (χ4n) is 10.6. The van der Waals surface area contributed by atoms with Gasteiger partial charge in [0.25, 0.3) is 0 Å². The smallest absolute Gasteiger partial charge is 0.162 e. The molecule has 0 bridgehead atoms. The molecule has 0 N–H and O–H groups in total. The summed E-state index contributed by atoms with van der Waals surface area (Å²) in [6.45, 7) is 24.3. The Kier molecular flexibility index (Phi) is 5.33. The van der Waals surface area contributed by atoms with Crippen LogP contribution in [-0.4, -0.2) is 17.5 Å². The Morgan fingerprint density at radius 3 is 2.09 bits per heavy atom. The Hall–Kier alpha value is -0.630. The number of ketones is 1. The third-order valence-corrected chi connectivity index (χ3v) is 13.4. The van der Waals surface area contributed by atoms with Gasteiger partial charge in [0.2, 0.25) is 0 Å². The number of rotatable bonds is 2. The molecule has 2 heteroatoms. The molecule has 192 valence electrons. The van der Waals surface area contributed by atoms with E-state index in [1.807, 2.05) is 0 Å². The Labute approximate surface area is 210 Å². The summed E-state index contributed by atoms with van der Waals surface area (Å²) >= 11 is 0. The van der Waals surface area contributed by atoms with E-state index in [4.69, 9.17) is 4.74 Å². The third kappa shape index (κ3) is 2.99. The van der Waals surface area contributed by atoms with E-state index in [2.05, 4.69) is 75.3 Å². The second-order valence-corrected chi connectivity index (χ2v) is 15.7. The maximum Gasteiger partial charge on any atom is 0.162 e. The van der Waals surface area contributed by atoms with Crippen LogP contribution in [0.2, 0.25) is 0 Å². The van der Waals surface area contributed by atoms with Crippen LogP contribution in [0.25, 0.3) is 0 Å². The van der Waals surface area contributed by atoms with Crippen LogP contribution in [0.1, 0.15) is 121 Å². The van der Waals surface area contributed by atoms with Gasteiger partial charge in [0, 0.05) is 5.41 Å². The number of allylic oxidation sites excluding steroid dienone is 2. The van der Waals surface area contributed by atoms with Crippen LogP contribution in [0.4, 0.5) is 0 Å². The van der Waals surface area contributed by atoms with Crippen molar-refractivity contribution in [2.24, 2.45) is 50.7 Å². The van der Waals surface area contributed by atoms with Crippen molar-refractivity contribution in [3.05, 3.63) is 11.6 Å². The normalized spacial score (nSPS) is 52.6. The average Bonchev–Trinajstić information content (AvgIpc) is 3.23. The second-order valence-electron chi connectivity index (χ2n) is 15.7. The van der Waals surface area contributed by atoms with Gasteiger partial charge in [-0.25, -0.2) is 0 Å². The van der Waals surface area contributed by atoms with Crippen LogP contribution in [-0.2, 0) is 9.53 Å². The lowest BCUT2D eigenvalue weighted by molar-refractivity contribution is -0.154. The fourth-order valence-corrected chi connectivity index (χ4v) is 10.6. The van der Waals surface area contributed by atoms with Crippen LogP contribution in [0.15, 0.2) is 11.6 Å². The van der Waals surface area contributed by atoms with Gasteiger partial charge in [-0.2, -0.15) is 0 Å². The highest BCUT2D eigenvalue weighted by Gasteiger charge is 2.69. The van der Waals surface area contributed by atoms with Crippen LogP contribution in [0.3, 0.4) is 0 Å².